The SMILES string of the molecule is O=[N+]([O-])c1cc(NCC2CCCO2)ccc1Cl. The van der Waals surface area contributed by atoms with Crippen LogP contribution in [0.25, 0.3) is 0 Å². The standard InChI is InChI=1S/C11H13ClN2O3/c12-10-4-3-8(6-11(10)14(15)16)13-7-9-2-1-5-17-9/h3-4,6,9,13H,1-2,5,7H2. The highest BCUT2D eigenvalue weighted by Crippen LogP contribution is 2.27. The molecule has 0 aliphatic carbocycles. The number of hydrogen-bond donors (Lipinski definition) is 1. The maximum atomic E-state index is 10.7. The lowest BCUT2D eigenvalue weighted by atomic mass is 10.2. The summed E-state index contributed by atoms with van der Waals surface area (Å²) in [6.07, 6.45) is 2.31. The van der Waals surface area contributed by atoms with Gasteiger partial charge < -0.3 is 10.1 Å². The molecule has 1 N–H and O–H groups in total. The van der Waals surface area contributed by atoms with Gasteiger partial charge >= 0.3 is 0 Å². The van der Waals surface area contributed by atoms with Crippen LogP contribution in [0, 0.1) is 10.1 Å². The highest BCUT2D eigenvalue weighted by Gasteiger charge is 2.16. The van der Waals surface area contributed by atoms with E-state index in [0.717, 1.165) is 19.4 Å². The van der Waals surface area contributed by atoms with Gasteiger partial charge in [0.05, 0.1) is 11.0 Å². The van der Waals surface area contributed by atoms with Crippen molar-refractivity contribution in [3.05, 3.63) is 33.3 Å². The van der Waals surface area contributed by atoms with Crippen LogP contribution in [0.5, 0.6) is 0 Å². The van der Waals surface area contributed by atoms with E-state index in [1.54, 1.807) is 6.07 Å². The van der Waals surface area contributed by atoms with Gasteiger partial charge in [0.2, 0.25) is 0 Å². The zero-order chi connectivity index (χ0) is 12.3. The minimum Gasteiger partial charge on any atom is -0.382 e. The molecule has 1 heterocycles. The monoisotopic (exact) mass is 256 g/mol. The quantitative estimate of drug-likeness (QED) is 0.665. The molecule has 2 rings (SSSR count). The number of rotatable bonds is 4. The minimum atomic E-state index is -0.487. The first-order valence-electron chi connectivity index (χ1n) is 5.46. The Morgan fingerprint density at radius 3 is 3.06 bits per heavy atom. The Kier molecular flexibility index (Phi) is 3.81. The molecule has 0 saturated carbocycles. The van der Waals surface area contributed by atoms with Crippen LogP contribution in [-0.4, -0.2) is 24.2 Å². The van der Waals surface area contributed by atoms with E-state index in [1.165, 1.54) is 12.1 Å². The first-order valence-corrected chi connectivity index (χ1v) is 5.84. The van der Waals surface area contributed by atoms with Crippen molar-refractivity contribution in [2.75, 3.05) is 18.5 Å². The lowest BCUT2D eigenvalue weighted by molar-refractivity contribution is -0.384. The third-order valence-corrected chi connectivity index (χ3v) is 3.02. The fourth-order valence-corrected chi connectivity index (χ4v) is 1.99. The maximum Gasteiger partial charge on any atom is 0.289 e. The molecule has 1 aliphatic rings. The fourth-order valence-electron chi connectivity index (χ4n) is 1.80. The van der Waals surface area contributed by atoms with Gasteiger partial charge in [-0.05, 0) is 25.0 Å². The Labute approximate surface area is 104 Å². The second-order valence-electron chi connectivity index (χ2n) is 3.94. The summed E-state index contributed by atoms with van der Waals surface area (Å²) in [5.74, 6) is 0. The number of nitro benzene ring substituents is 1. The highest BCUT2D eigenvalue weighted by molar-refractivity contribution is 6.32. The van der Waals surface area contributed by atoms with Crippen LogP contribution in [0.2, 0.25) is 5.02 Å². The topological polar surface area (TPSA) is 64.4 Å². The van der Waals surface area contributed by atoms with Gasteiger partial charge in [0.25, 0.3) is 5.69 Å². The van der Waals surface area contributed by atoms with E-state index in [2.05, 4.69) is 5.32 Å². The molecule has 1 fully saturated rings. The van der Waals surface area contributed by atoms with Crippen LogP contribution in [0.3, 0.4) is 0 Å². The van der Waals surface area contributed by atoms with Gasteiger partial charge in [-0.3, -0.25) is 10.1 Å². The average molecular weight is 257 g/mol. The molecule has 0 radical (unpaired) electrons. The summed E-state index contributed by atoms with van der Waals surface area (Å²) in [6, 6.07) is 4.69. The number of nitro groups is 1. The third kappa shape index (κ3) is 3.08. The van der Waals surface area contributed by atoms with Crippen molar-refractivity contribution in [1.82, 2.24) is 0 Å². The van der Waals surface area contributed by atoms with Crippen LogP contribution in [0.1, 0.15) is 12.8 Å². The van der Waals surface area contributed by atoms with Crippen molar-refractivity contribution < 1.29 is 9.66 Å². The molecule has 0 bridgehead atoms. The summed E-state index contributed by atoms with van der Waals surface area (Å²) in [6.45, 7) is 1.46. The van der Waals surface area contributed by atoms with Crippen LogP contribution in [0.15, 0.2) is 18.2 Å². The summed E-state index contributed by atoms with van der Waals surface area (Å²) in [7, 11) is 0. The Morgan fingerprint density at radius 2 is 2.41 bits per heavy atom. The van der Waals surface area contributed by atoms with Crippen LogP contribution in [-0.2, 0) is 4.74 Å². The van der Waals surface area contributed by atoms with Gasteiger partial charge in [0.1, 0.15) is 5.02 Å². The number of anilines is 1. The number of nitrogens with zero attached hydrogens (tertiary/aromatic N) is 1. The molecule has 5 nitrogen and oxygen atoms in total. The van der Waals surface area contributed by atoms with E-state index in [9.17, 15) is 10.1 Å². The summed E-state index contributed by atoms with van der Waals surface area (Å²) < 4.78 is 5.45. The molecule has 1 unspecified atom stereocenters. The average Bonchev–Trinajstić information content (AvgIpc) is 2.80. The Morgan fingerprint density at radius 1 is 1.59 bits per heavy atom. The van der Waals surface area contributed by atoms with Gasteiger partial charge in [0, 0.05) is 24.9 Å². The Balaban J connectivity index is 2.00. The van der Waals surface area contributed by atoms with Gasteiger partial charge in [-0.2, -0.15) is 0 Å². The first-order chi connectivity index (χ1) is 8.16. The van der Waals surface area contributed by atoms with Crippen molar-refractivity contribution in [2.45, 2.75) is 18.9 Å². The Bertz CT molecular complexity index is 419. The molecule has 17 heavy (non-hydrogen) atoms. The number of ether oxygens (including phenoxy) is 1. The first kappa shape index (κ1) is 12.1. The van der Waals surface area contributed by atoms with Crippen molar-refractivity contribution in [1.29, 1.82) is 0 Å². The van der Waals surface area contributed by atoms with Gasteiger partial charge in [0.15, 0.2) is 0 Å². The zero-order valence-corrected chi connectivity index (χ0v) is 9.94. The minimum absolute atomic E-state index is 0.0796. The van der Waals surface area contributed by atoms with Gasteiger partial charge in [-0.1, -0.05) is 11.6 Å². The smallest absolute Gasteiger partial charge is 0.289 e. The molecule has 1 aromatic rings. The van der Waals surface area contributed by atoms with E-state index in [0.29, 0.717) is 12.2 Å². The lowest BCUT2D eigenvalue weighted by Crippen LogP contribution is -2.18. The van der Waals surface area contributed by atoms with E-state index < -0.39 is 4.92 Å². The maximum absolute atomic E-state index is 10.7. The van der Waals surface area contributed by atoms with E-state index >= 15 is 0 Å². The highest BCUT2D eigenvalue weighted by atomic mass is 35.5. The lowest BCUT2D eigenvalue weighted by Gasteiger charge is -2.11. The molecule has 1 aromatic carbocycles. The second-order valence-corrected chi connectivity index (χ2v) is 4.35. The largest absolute Gasteiger partial charge is 0.382 e. The zero-order valence-electron chi connectivity index (χ0n) is 9.19. The molecule has 6 heteroatoms. The number of nitrogens with one attached hydrogen (secondary N) is 1. The van der Waals surface area contributed by atoms with Crippen LogP contribution in [0.4, 0.5) is 11.4 Å². The van der Waals surface area contributed by atoms with Crippen molar-refractivity contribution >= 4 is 23.0 Å². The van der Waals surface area contributed by atoms with E-state index in [-0.39, 0.29) is 16.8 Å². The molecule has 92 valence electrons. The molecular weight excluding hydrogens is 244 g/mol. The number of halogens is 1. The van der Waals surface area contributed by atoms with Crippen LogP contribution >= 0.6 is 11.6 Å². The normalized spacial score (nSPS) is 19.2. The number of hydrogen-bond acceptors (Lipinski definition) is 4. The fraction of sp³-hybridized carbons (Fsp3) is 0.455. The van der Waals surface area contributed by atoms with Crippen molar-refractivity contribution in [2.24, 2.45) is 0 Å². The van der Waals surface area contributed by atoms with E-state index in [4.69, 9.17) is 16.3 Å². The number of benzene rings is 1. The summed E-state index contributed by atoms with van der Waals surface area (Å²) in [4.78, 5) is 10.2. The predicted molar refractivity (Wildman–Crippen MR) is 65.6 cm³/mol. The molecule has 0 aromatic heterocycles. The molecule has 1 aliphatic heterocycles. The third-order valence-electron chi connectivity index (χ3n) is 2.70. The predicted octanol–water partition coefficient (Wildman–Crippen LogP) is 2.84. The van der Waals surface area contributed by atoms with Crippen molar-refractivity contribution in [3.8, 4) is 0 Å². The van der Waals surface area contributed by atoms with Gasteiger partial charge in [-0.15, -0.1) is 0 Å². The molecular formula is C11H13ClN2O3. The molecule has 0 amide bonds. The van der Waals surface area contributed by atoms with E-state index in [1.807, 2.05) is 0 Å². The summed E-state index contributed by atoms with van der Waals surface area (Å²) in [5, 5.41) is 14.0. The van der Waals surface area contributed by atoms with Crippen LogP contribution < -0.4 is 5.32 Å². The van der Waals surface area contributed by atoms with Gasteiger partial charge in [-0.25, -0.2) is 0 Å². The van der Waals surface area contributed by atoms with Crippen molar-refractivity contribution in [3.63, 3.8) is 0 Å². The molecule has 0 spiro atoms. The molecule has 1 saturated heterocycles. The second kappa shape index (κ2) is 5.33. The summed E-state index contributed by atoms with van der Waals surface area (Å²) in [5.41, 5.74) is 0.612. The Hall–Kier alpha value is -1.33. The molecule has 1 atom stereocenters. The summed E-state index contributed by atoms with van der Waals surface area (Å²) >= 11 is 5.72.